The monoisotopic (exact) mass is 229 g/mol. The molecule has 0 saturated carbocycles. The summed E-state index contributed by atoms with van der Waals surface area (Å²) in [6.45, 7) is 3.76. The number of rotatable bonds is 7. The molecule has 0 amide bonds. The van der Waals surface area contributed by atoms with E-state index in [-0.39, 0.29) is 5.97 Å². The van der Waals surface area contributed by atoms with Gasteiger partial charge in [-0.05, 0) is 31.4 Å². The van der Waals surface area contributed by atoms with Crippen molar-refractivity contribution in [2.45, 2.75) is 26.3 Å². The van der Waals surface area contributed by atoms with Gasteiger partial charge < -0.3 is 10.1 Å². The lowest BCUT2D eigenvalue weighted by Crippen LogP contribution is -2.16. The lowest BCUT2D eigenvalue weighted by molar-refractivity contribution is -0.143. The molecular weight excluding hydrogens is 214 g/mol. The lowest BCUT2D eigenvalue weighted by atomic mass is 10.3. The van der Waals surface area contributed by atoms with Gasteiger partial charge in [0.15, 0.2) is 0 Å². The molecule has 1 rings (SSSR count). The van der Waals surface area contributed by atoms with Crippen molar-refractivity contribution >= 4 is 17.5 Å². The second-order valence-corrected chi connectivity index (χ2v) is 3.59. The maximum absolute atomic E-state index is 11.0. The Morgan fingerprint density at radius 2 is 2.53 bits per heavy atom. The van der Waals surface area contributed by atoms with Crippen LogP contribution in [0.25, 0.3) is 0 Å². The maximum atomic E-state index is 11.0. The SMILES string of the molecule is CCOC(=O)CCCNCc1csnn1. The summed E-state index contributed by atoms with van der Waals surface area (Å²) < 4.78 is 8.56. The second-order valence-electron chi connectivity index (χ2n) is 2.98. The van der Waals surface area contributed by atoms with Gasteiger partial charge in [-0.2, -0.15) is 0 Å². The van der Waals surface area contributed by atoms with E-state index in [9.17, 15) is 4.79 Å². The molecule has 6 heteroatoms. The van der Waals surface area contributed by atoms with Crippen molar-refractivity contribution in [3.8, 4) is 0 Å². The van der Waals surface area contributed by atoms with Crippen LogP contribution in [0.5, 0.6) is 0 Å². The first-order valence-corrected chi connectivity index (χ1v) is 5.79. The molecule has 1 heterocycles. The van der Waals surface area contributed by atoms with E-state index < -0.39 is 0 Å². The fourth-order valence-corrected chi connectivity index (χ4v) is 1.52. The number of hydrogen-bond acceptors (Lipinski definition) is 6. The van der Waals surface area contributed by atoms with E-state index in [0.717, 1.165) is 18.7 Å². The van der Waals surface area contributed by atoms with Crippen molar-refractivity contribution in [1.29, 1.82) is 0 Å². The molecule has 84 valence electrons. The molecule has 1 aromatic heterocycles. The molecular formula is C9H15N3O2S. The van der Waals surface area contributed by atoms with Crippen LogP contribution in [0, 0.1) is 0 Å². The Bertz CT molecular complexity index is 277. The van der Waals surface area contributed by atoms with Crippen LogP contribution in [0.1, 0.15) is 25.5 Å². The van der Waals surface area contributed by atoms with Gasteiger partial charge in [0.1, 0.15) is 0 Å². The summed E-state index contributed by atoms with van der Waals surface area (Å²) in [7, 11) is 0. The number of carbonyl (C=O) groups excluding carboxylic acids is 1. The van der Waals surface area contributed by atoms with Gasteiger partial charge in [0, 0.05) is 18.3 Å². The van der Waals surface area contributed by atoms with Gasteiger partial charge in [-0.1, -0.05) is 4.49 Å². The van der Waals surface area contributed by atoms with Crippen LogP contribution in [0.3, 0.4) is 0 Å². The topological polar surface area (TPSA) is 64.1 Å². The fraction of sp³-hybridized carbons (Fsp3) is 0.667. The third-order valence-corrected chi connectivity index (χ3v) is 2.30. The van der Waals surface area contributed by atoms with Crippen LogP contribution in [0.15, 0.2) is 5.38 Å². The summed E-state index contributed by atoms with van der Waals surface area (Å²) >= 11 is 1.34. The minimum Gasteiger partial charge on any atom is -0.466 e. The van der Waals surface area contributed by atoms with E-state index in [1.54, 1.807) is 0 Å². The van der Waals surface area contributed by atoms with Crippen molar-refractivity contribution in [2.75, 3.05) is 13.2 Å². The van der Waals surface area contributed by atoms with Crippen LogP contribution in [0.4, 0.5) is 0 Å². The highest BCUT2D eigenvalue weighted by molar-refractivity contribution is 7.03. The number of aromatic nitrogens is 2. The smallest absolute Gasteiger partial charge is 0.305 e. The molecule has 0 unspecified atom stereocenters. The van der Waals surface area contributed by atoms with E-state index in [1.165, 1.54) is 11.5 Å². The van der Waals surface area contributed by atoms with E-state index in [4.69, 9.17) is 4.74 Å². The molecule has 15 heavy (non-hydrogen) atoms. The molecule has 0 aromatic carbocycles. The molecule has 1 aromatic rings. The number of hydrogen-bond donors (Lipinski definition) is 1. The van der Waals surface area contributed by atoms with Gasteiger partial charge in [0.25, 0.3) is 0 Å². The minimum absolute atomic E-state index is 0.130. The van der Waals surface area contributed by atoms with E-state index in [0.29, 0.717) is 19.6 Å². The van der Waals surface area contributed by atoms with E-state index >= 15 is 0 Å². The highest BCUT2D eigenvalue weighted by Crippen LogP contribution is 1.96. The largest absolute Gasteiger partial charge is 0.466 e. The Hall–Kier alpha value is -1.01. The first-order valence-electron chi connectivity index (χ1n) is 4.95. The molecule has 0 aliphatic heterocycles. The second kappa shape index (κ2) is 7.30. The van der Waals surface area contributed by atoms with Crippen molar-refractivity contribution in [3.05, 3.63) is 11.1 Å². The number of nitrogens with one attached hydrogen (secondary N) is 1. The van der Waals surface area contributed by atoms with Gasteiger partial charge >= 0.3 is 5.97 Å². The van der Waals surface area contributed by atoms with Crippen molar-refractivity contribution < 1.29 is 9.53 Å². The van der Waals surface area contributed by atoms with Gasteiger partial charge in [-0.25, -0.2) is 0 Å². The van der Waals surface area contributed by atoms with E-state index in [2.05, 4.69) is 14.9 Å². The molecule has 0 aliphatic carbocycles. The first kappa shape index (κ1) is 12.1. The number of carbonyl (C=O) groups is 1. The third kappa shape index (κ3) is 5.44. The Balaban J connectivity index is 1.95. The summed E-state index contributed by atoms with van der Waals surface area (Å²) in [4.78, 5) is 11.0. The Morgan fingerprint density at radius 1 is 1.67 bits per heavy atom. The molecule has 0 fully saturated rings. The molecule has 0 bridgehead atoms. The summed E-state index contributed by atoms with van der Waals surface area (Å²) in [6.07, 6.45) is 1.26. The minimum atomic E-state index is -0.130. The van der Waals surface area contributed by atoms with Crippen molar-refractivity contribution in [3.63, 3.8) is 0 Å². The van der Waals surface area contributed by atoms with E-state index in [1.807, 2.05) is 12.3 Å². The number of esters is 1. The highest BCUT2D eigenvalue weighted by atomic mass is 32.1. The lowest BCUT2D eigenvalue weighted by Gasteiger charge is -2.02. The van der Waals surface area contributed by atoms with Crippen LogP contribution in [-0.2, 0) is 16.1 Å². The first-order chi connectivity index (χ1) is 7.33. The van der Waals surface area contributed by atoms with Crippen molar-refractivity contribution in [1.82, 2.24) is 14.9 Å². The average Bonchev–Trinajstić information content (AvgIpc) is 2.70. The fourth-order valence-electron chi connectivity index (χ4n) is 1.07. The van der Waals surface area contributed by atoms with Crippen LogP contribution < -0.4 is 5.32 Å². The molecule has 0 radical (unpaired) electrons. The van der Waals surface area contributed by atoms with Gasteiger partial charge in [0.05, 0.1) is 12.3 Å². The summed E-state index contributed by atoms with van der Waals surface area (Å²) in [5, 5.41) is 8.98. The molecule has 0 aliphatic rings. The van der Waals surface area contributed by atoms with Crippen LogP contribution in [0.2, 0.25) is 0 Å². The maximum Gasteiger partial charge on any atom is 0.305 e. The Kier molecular flexibility index (Phi) is 5.87. The van der Waals surface area contributed by atoms with Gasteiger partial charge in [0.2, 0.25) is 0 Å². The summed E-state index contributed by atoms with van der Waals surface area (Å²) in [5.41, 5.74) is 0.941. The molecule has 0 saturated heterocycles. The van der Waals surface area contributed by atoms with Crippen LogP contribution in [-0.4, -0.2) is 28.7 Å². The zero-order chi connectivity index (χ0) is 10.9. The third-order valence-electron chi connectivity index (χ3n) is 1.75. The molecule has 0 spiro atoms. The van der Waals surface area contributed by atoms with Crippen LogP contribution >= 0.6 is 11.5 Å². The zero-order valence-corrected chi connectivity index (χ0v) is 9.55. The summed E-state index contributed by atoms with van der Waals surface area (Å²) in [6, 6.07) is 0. The predicted octanol–water partition coefficient (Wildman–Crippen LogP) is 0.971. The number of nitrogens with zero attached hydrogens (tertiary/aromatic N) is 2. The number of ether oxygens (including phenoxy) is 1. The summed E-state index contributed by atoms with van der Waals surface area (Å²) in [5.74, 6) is -0.130. The molecule has 1 N–H and O–H groups in total. The van der Waals surface area contributed by atoms with Gasteiger partial charge in [-0.15, -0.1) is 5.10 Å². The standard InChI is InChI=1S/C9H15N3O2S/c1-2-14-9(13)4-3-5-10-6-8-7-15-12-11-8/h7,10H,2-6H2,1H3. The van der Waals surface area contributed by atoms with Crippen molar-refractivity contribution in [2.24, 2.45) is 0 Å². The predicted molar refractivity (Wildman–Crippen MR) is 57.5 cm³/mol. The average molecular weight is 229 g/mol. The highest BCUT2D eigenvalue weighted by Gasteiger charge is 2.00. The Morgan fingerprint density at radius 3 is 3.20 bits per heavy atom. The Labute approximate surface area is 93.0 Å². The quantitative estimate of drug-likeness (QED) is 0.557. The molecule has 0 atom stereocenters. The van der Waals surface area contributed by atoms with Gasteiger partial charge in [-0.3, -0.25) is 4.79 Å². The zero-order valence-electron chi connectivity index (χ0n) is 8.73. The normalized spacial score (nSPS) is 10.2. The molecule has 5 nitrogen and oxygen atoms in total.